The maximum absolute atomic E-state index is 11.1. The number of para-hydroxylation sites is 1. The summed E-state index contributed by atoms with van der Waals surface area (Å²) in [5.74, 6) is 0.816. The molecule has 3 rings (SSSR count). The van der Waals surface area contributed by atoms with Crippen LogP contribution in [0.25, 0.3) is 16.6 Å². The summed E-state index contributed by atoms with van der Waals surface area (Å²) in [6.07, 6.45) is 5.70. The summed E-state index contributed by atoms with van der Waals surface area (Å²) in [6, 6.07) is 6.74. The molecule has 0 spiro atoms. The van der Waals surface area contributed by atoms with Gasteiger partial charge in [-0.1, -0.05) is 12.1 Å². The first-order chi connectivity index (χ1) is 10.2. The molecule has 0 amide bonds. The van der Waals surface area contributed by atoms with Gasteiger partial charge in [0.05, 0.1) is 10.6 Å². The highest BCUT2D eigenvalue weighted by atomic mass is 16.6. The Kier molecular flexibility index (Phi) is 3.33. The minimum Gasteiger partial charge on any atom is -0.330 e. The fourth-order valence-electron chi connectivity index (χ4n) is 2.37. The smallest absolute Gasteiger partial charge is 0.295 e. The van der Waals surface area contributed by atoms with Crippen molar-refractivity contribution in [3.05, 3.63) is 58.8 Å². The Labute approximate surface area is 120 Å². The Balaban J connectivity index is 2.26. The van der Waals surface area contributed by atoms with Crippen molar-refractivity contribution < 1.29 is 4.92 Å². The van der Waals surface area contributed by atoms with Crippen LogP contribution in [0.3, 0.4) is 0 Å². The molecule has 0 saturated carbocycles. The molecular weight excluding hydrogens is 270 g/mol. The van der Waals surface area contributed by atoms with E-state index >= 15 is 0 Å². The number of nitro groups is 1. The van der Waals surface area contributed by atoms with Crippen LogP contribution in [-0.2, 0) is 6.42 Å². The zero-order valence-electron chi connectivity index (χ0n) is 11.1. The number of nitro benzene ring substituents is 1. The number of nitrogens with zero attached hydrogens (tertiary/aromatic N) is 4. The number of hydrogen-bond acceptors (Lipinski definition) is 5. The lowest BCUT2D eigenvalue weighted by Gasteiger charge is -2.10. The number of hydrogen-bond donors (Lipinski definition) is 1. The summed E-state index contributed by atoms with van der Waals surface area (Å²) in [7, 11) is 0. The summed E-state index contributed by atoms with van der Waals surface area (Å²) < 4.78 is 1.89. The molecule has 0 aliphatic rings. The van der Waals surface area contributed by atoms with E-state index in [9.17, 15) is 10.1 Å². The predicted molar refractivity (Wildman–Crippen MR) is 78.3 cm³/mol. The van der Waals surface area contributed by atoms with Gasteiger partial charge < -0.3 is 10.3 Å². The highest BCUT2D eigenvalue weighted by Gasteiger charge is 2.16. The summed E-state index contributed by atoms with van der Waals surface area (Å²) in [6.45, 7) is 0.486. The van der Waals surface area contributed by atoms with E-state index in [2.05, 4.69) is 9.97 Å². The zero-order valence-corrected chi connectivity index (χ0v) is 11.1. The van der Waals surface area contributed by atoms with Gasteiger partial charge in [0, 0.05) is 36.5 Å². The highest BCUT2D eigenvalue weighted by molar-refractivity contribution is 5.93. The van der Waals surface area contributed by atoms with E-state index in [0.29, 0.717) is 23.9 Å². The fraction of sp³-hybridized carbons (Fsp3) is 0.143. The quantitative estimate of drug-likeness (QED) is 0.581. The van der Waals surface area contributed by atoms with Gasteiger partial charge in [-0.25, -0.2) is 9.97 Å². The third kappa shape index (κ3) is 2.23. The number of nitrogens with two attached hydrogens (primary N) is 1. The number of aromatic nitrogens is 3. The lowest BCUT2D eigenvalue weighted by molar-refractivity contribution is -0.383. The molecule has 7 heteroatoms. The Morgan fingerprint density at radius 1 is 1.24 bits per heavy atom. The fourth-order valence-corrected chi connectivity index (χ4v) is 2.37. The SMILES string of the molecule is NCCc1nccn1-c1ccnc2c([N+](=O)[O-])cccc12. The Morgan fingerprint density at radius 2 is 2.10 bits per heavy atom. The minimum absolute atomic E-state index is 0.00478. The average Bonchev–Trinajstić information content (AvgIpc) is 2.94. The predicted octanol–water partition coefficient (Wildman–Crippen LogP) is 1.83. The van der Waals surface area contributed by atoms with Gasteiger partial charge in [-0.15, -0.1) is 0 Å². The van der Waals surface area contributed by atoms with Crippen molar-refractivity contribution in [1.29, 1.82) is 0 Å². The first kappa shape index (κ1) is 13.2. The van der Waals surface area contributed by atoms with Gasteiger partial charge in [0.25, 0.3) is 5.69 Å². The molecule has 106 valence electrons. The number of pyridine rings is 1. The molecule has 0 aliphatic heterocycles. The molecule has 0 saturated heterocycles. The van der Waals surface area contributed by atoms with Crippen LogP contribution in [-0.4, -0.2) is 26.0 Å². The molecule has 0 unspecified atom stereocenters. The van der Waals surface area contributed by atoms with Gasteiger partial charge in [0.2, 0.25) is 0 Å². The Hall–Kier alpha value is -2.80. The van der Waals surface area contributed by atoms with Crippen molar-refractivity contribution in [2.75, 3.05) is 6.54 Å². The first-order valence-corrected chi connectivity index (χ1v) is 6.47. The normalized spacial score (nSPS) is 10.9. The van der Waals surface area contributed by atoms with E-state index in [1.165, 1.54) is 6.07 Å². The van der Waals surface area contributed by atoms with Gasteiger partial charge in [0.1, 0.15) is 11.3 Å². The number of imidazole rings is 1. The van der Waals surface area contributed by atoms with Crippen LogP contribution in [0.2, 0.25) is 0 Å². The van der Waals surface area contributed by atoms with Crippen molar-refractivity contribution >= 4 is 16.6 Å². The van der Waals surface area contributed by atoms with Crippen LogP contribution < -0.4 is 5.73 Å². The Morgan fingerprint density at radius 3 is 2.86 bits per heavy atom. The standard InChI is InChI=1S/C14H13N5O2/c15-6-4-13-16-8-9-18(13)11-5-7-17-14-10(11)2-1-3-12(14)19(20)21/h1-3,5,7-9H,4,6,15H2. The zero-order chi connectivity index (χ0) is 14.8. The van der Waals surface area contributed by atoms with Gasteiger partial charge >= 0.3 is 0 Å². The molecule has 1 aromatic carbocycles. The highest BCUT2D eigenvalue weighted by Crippen LogP contribution is 2.28. The Bertz CT molecular complexity index is 812. The second-order valence-electron chi connectivity index (χ2n) is 4.51. The molecular formula is C14H13N5O2. The number of non-ortho nitro benzene ring substituents is 1. The van der Waals surface area contributed by atoms with E-state index in [1.807, 2.05) is 22.9 Å². The first-order valence-electron chi connectivity index (χ1n) is 6.47. The molecule has 21 heavy (non-hydrogen) atoms. The third-order valence-electron chi connectivity index (χ3n) is 3.27. The number of rotatable bonds is 4. The van der Waals surface area contributed by atoms with Crippen LogP contribution in [0.4, 0.5) is 5.69 Å². The van der Waals surface area contributed by atoms with Crippen molar-refractivity contribution in [1.82, 2.24) is 14.5 Å². The molecule has 2 heterocycles. The summed E-state index contributed by atoms with van der Waals surface area (Å²) in [5.41, 5.74) is 6.76. The monoisotopic (exact) mass is 283 g/mol. The second kappa shape index (κ2) is 5.29. The minimum atomic E-state index is -0.423. The second-order valence-corrected chi connectivity index (χ2v) is 4.51. The summed E-state index contributed by atoms with van der Waals surface area (Å²) in [5, 5.41) is 11.8. The molecule has 0 radical (unpaired) electrons. The van der Waals surface area contributed by atoms with E-state index in [1.54, 1.807) is 18.5 Å². The topological polar surface area (TPSA) is 99.9 Å². The van der Waals surface area contributed by atoms with Gasteiger partial charge in [-0.3, -0.25) is 10.1 Å². The molecule has 0 aliphatic carbocycles. The lowest BCUT2D eigenvalue weighted by atomic mass is 10.1. The molecule has 0 atom stereocenters. The summed E-state index contributed by atoms with van der Waals surface area (Å²) in [4.78, 5) is 19.1. The van der Waals surface area contributed by atoms with Crippen molar-refractivity contribution in [3.8, 4) is 5.69 Å². The van der Waals surface area contributed by atoms with Gasteiger partial charge in [-0.2, -0.15) is 0 Å². The van der Waals surface area contributed by atoms with Crippen molar-refractivity contribution in [2.45, 2.75) is 6.42 Å². The average molecular weight is 283 g/mol. The van der Waals surface area contributed by atoms with Gasteiger partial charge in [-0.05, 0) is 12.6 Å². The maximum atomic E-state index is 11.1. The molecule has 0 fully saturated rings. The van der Waals surface area contributed by atoms with Crippen LogP contribution in [0.1, 0.15) is 5.82 Å². The van der Waals surface area contributed by atoms with Crippen LogP contribution in [0.5, 0.6) is 0 Å². The van der Waals surface area contributed by atoms with E-state index < -0.39 is 4.92 Å². The van der Waals surface area contributed by atoms with Crippen LogP contribution in [0, 0.1) is 10.1 Å². The van der Waals surface area contributed by atoms with Crippen LogP contribution in [0.15, 0.2) is 42.9 Å². The van der Waals surface area contributed by atoms with Crippen molar-refractivity contribution in [3.63, 3.8) is 0 Å². The van der Waals surface area contributed by atoms with E-state index in [4.69, 9.17) is 5.73 Å². The molecule has 2 N–H and O–H groups in total. The van der Waals surface area contributed by atoms with E-state index in [0.717, 1.165) is 11.5 Å². The van der Waals surface area contributed by atoms with Gasteiger partial charge in [0.15, 0.2) is 0 Å². The number of benzene rings is 1. The summed E-state index contributed by atoms with van der Waals surface area (Å²) >= 11 is 0. The molecule has 0 bridgehead atoms. The van der Waals surface area contributed by atoms with Crippen molar-refractivity contribution in [2.24, 2.45) is 5.73 Å². The van der Waals surface area contributed by atoms with Crippen LogP contribution >= 0.6 is 0 Å². The number of fused-ring (bicyclic) bond motifs is 1. The largest absolute Gasteiger partial charge is 0.330 e. The third-order valence-corrected chi connectivity index (χ3v) is 3.27. The van der Waals surface area contributed by atoms with E-state index in [-0.39, 0.29) is 5.69 Å². The molecule has 2 aromatic heterocycles. The maximum Gasteiger partial charge on any atom is 0.295 e. The molecule has 7 nitrogen and oxygen atoms in total. The molecule has 3 aromatic rings. The lowest BCUT2D eigenvalue weighted by Crippen LogP contribution is -2.09.